The zero-order valence-electron chi connectivity index (χ0n) is 15.9. The fourth-order valence-electron chi connectivity index (χ4n) is 4.02. The zero-order chi connectivity index (χ0) is 19.7. The second kappa shape index (κ2) is 7.18. The average molecular weight is 373 g/mol. The van der Waals surface area contributed by atoms with Gasteiger partial charge in [0.1, 0.15) is 11.3 Å². The summed E-state index contributed by atoms with van der Waals surface area (Å²) in [4.78, 5) is 11.9. The highest BCUT2D eigenvalue weighted by Gasteiger charge is 2.26. The van der Waals surface area contributed by atoms with E-state index in [2.05, 4.69) is 11.8 Å². The minimum absolute atomic E-state index is 0.223. The minimum atomic E-state index is -0.969. The van der Waals surface area contributed by atoms with Crippen LogP contribution >= 0.6 is 0 Å². The number of para-hydroxylation sites is 1. The predicted molar refractivity (Wildman–Crippen MR) is 110 cm³/mol. The van der Waals surface area contributed by atoms with E-state index in [9.17, 15) is 15.0 Å². The van der Waals surface area contributed by atoms with Gasteiger partial charge in [-0.2, -0.15) is 0 Å². The lowest BCUT2D eigenvalue weighted by Gasteiger charge is -2.26. The number of aryl methyl sites for hydroxylation is 1. The molecule has 0 atom stereocenters. The second-order valence-corrected chi connectivity index (χ2v) is 7.57. The topological polar surface area (TPSA) is 62.5 Å². The number of carbonyl (C=O) groups is 1. The first kappa shape index (κ1) is 18.3. The van der Waals surface area contributed by atoms with Crippen LogP contribution in [0.5, 0.6) is 0 Å². The molecule has 3 aromatic rings. The zero-order valence-corrected chi connectivity index (χ0v) is 15.9. The number of hydrogen-bond acceptors (Lipinski definition) is 2. The summed E-state index contributed by atoms with van der Waals surface area (Å²) in [6.07, 6.45) is 4.58. The molecule has 2 aromatic carbocycles. The van der Waals surface area contributed by atoms with Crippen LogP contribution in [0.25, 0.3) is 16.6 Å². The van der Waals surface area contributed by atoms with E-state index in [0.717, 1.165) is 47.0 Å². The van der Waals surface area contributed by atoms with Gasteiger partial charge in [0.25, 0.3) is 0 Å². The average Bonchev–Trinajstić information content (AvgIpc) is 3.08. The summed E-state index contributed by atoms with van der Waals surface area (Å²) in [5.41, 5.74) is 2.68. The molecular weight excluding hydrogens is 350 g/mol. The summed E-state index contributed by atoms with van der Waals surface area (Å²) >= 11 is 0. The van der Waals surface area contributed by atoms with Crippen molar-refractivity contribution in [2.45, 2.75) is 44.6 Å². The first-order valence-corrected chi connectivity index (χ1v) is 9.67. The van der Waals surface area contributed by atoms with Crippen molar-refractivity contribution in [3.63, 3.8) is 0 Å². The molecule has 142 valence electrons. The number of hydrogen-bond donors (Lipinski definition) is 2. The summed E-state index contributed by atoms with van der Waals surface area (Å²) in [6.45, 7) is 1.96. The smallest absolute Gasteiger partial charge is 0.352 e. The fourth-order valence-corrected chi connectivity index (χ4v) is 4.02. The lowest BCUT2D eigenvalue weighted by atomic mass is 9.85. The molecule has 4 rings (SSSR count). The lowest BCUT2D eigenvalue weighted by Crippen LogP contribution is -2.29. The molecule has 1 heterocycles. The number of carboxylic acids is 1. The van der Waals surface area contributed by atoms with Crippen molar-refractivity contribution in [1.82, 2.24) is 4.57 Å². The number of fused-ring (bicyclic) bond motifs is 1. The number of aromatic nitrogens is 1. The third-order valence-corrected chi connectivity index (χ3v) is 5.48. The summed E-state index contributed by atoms with van der Waals surface area (Å²) in [6, 6.07) is 15.1. The van der Waals surface area contributed by atoms with E-state index in [1.807, 2.05) is 49.4 Å². The molecule has 1 saturated carbocycles. The van der Waals surface area contributed by atoms with Crippen LogP contribution in [0.1, 0.15) is 53.7 Å². The molecule has 0 radical (unpaired) electrons. The molecular formula is C24H23NO3. The maximum absolute atomic E-state index is 11.9. The van der Waals surface area contributed by atoms with Crippen LogP contribution in [0.15, 0.2) is 48.5 Å². The third-order valence-electron chi connectivity index (χ3n) is 5.48. The van der Waals surface area contributed by atoms with Crippen molar-refractivity contribution in [3.05, 3.63) is 65.4 Å². The largest absolute Gasteiger partial charge is 0.477 e. The molecule has 1 aliphatic carbocycles. The number of rotatable bonds is 2. The van der Waals surface area contributed by atoms with Crippen LogP contribution in [0.2, 0.25) is 0 Å². The number of carboxylic acid groups (broad SMARTS) is 1. The normalized spacial score (nSPS) is 15.8. The lowest BCUT2D eigenvalue weighted by molar-refractivity contribution is 0.0609. The second-order valence-electron chi connectivity index (χ2n) is 7.57. The quantitative estimate of drug-likeness (QED) is 0.641. The SMILES string of the molecule is Cc1cc(C#CC2(O)CCCCC2)cc2c1cc(C(=O)O)n2-c1ccccc1. The van der Waals surface area contributed by atoms with Crippen molar-refractivity contribution in [2.75, 3.05) is 0 Å². The molecule has 4 heteroatoms. The maximum atomic E-state index is 11.9. The van der Waals surface area contributed by atoms with E-state index in [0.29, 0.717) is 12.8 Å². The van der Waals surface area contributed by atoms with Gasteiger partial charge < -0.3 is 14.8 Å². The van der Waals surface area contributed by atoms with E-state index in [1.165, 1.54) is 0 Å². The Balaban J connectivity index is 1.87. The molecule has 0 bridgehead atoms. The van der Waals surface area contributed by atoms with Crippen LogP contribution in [-0.4, -0.2) is 26.4 Å². The molecule has 1 aromatic heterocycles. The Bertz CT molecular complexity index is 1090. The Morgan fingerprint density at radius 3 is 2.46 bits per heavy atom. The fraction of sp³-hybridized carbons (Fsp3) is 0.292. The Kier molecular flexibility index (Phi) is 4.70. The van der Waals surface area contributed by atoms with Crippen LogP contribution in [0.4, 0.5) is 0 Å². The third kappa shape index (κ3) is 3.42. The molecule has 0 spiro atoms. The van der Waals surface area contributed by atoms with Crippen LogP contribution < -0.4 is 0 Å². The Morgan fingerprint density at radius 1 is 1.07 bits per heavy atom. The number of aliphatic hydroxyl groups is 1. The van der Waals surface area contributed by atoms with Crippen LogP contribution in [0.3, 0.4) is 0 Å². The molecule has 0 saturated heterocycles. The molecule has 0 unspecified atom stereocenters. The van der Waals surface area contributed by atoms with Gasteiger partial charge in [0, 0.05) is 16.6 Å². The van der Waals surface area contributed by atoms with Crippen molar-refractivity contribution >= 4 is 16.9 Å². The Labute approximate surface area is 164 Å². The highest BCUT2D eigenvalue weighted by atomic mass is 16.4. The van der Waals surface area contributed by atoms with Gasteiger partial charge in [-0.3, -0.25) is 0 Å². The van der Waals surface area contributed by atoms with Crippen molar-refractivity contribution in [1.29, 1.82) is 0 Å². The van der Waals surface area contributed by atoms with Gasteiger partial charge in [-0.05, 0) is 68.5 Å². The Hall–Kier alpha value is -3.03. The standard InChI is InChI=1S/C24H23NO3/c1-17-14-18(10-13-24(28)11-6-3-7-12-24)15-21-20(17)16-22(23(26)27)25(21)19-8-4-2-5-9-19/h2,4-5,8-9,14-16,28H,3,6-7,11-12H2,1H3,(H,26,27). The molecule has 0 amide bonds. The number of nitrogens with zero attached hydrogens (tertiary/aromatic N) is 1. The summed E-state index contributed by atoms with van der Waals surface area (Å²) in [5, 5.41) is 21.3. The van der Waals surface area contributed by atoms with Crippen molar-refractivity contribution in [3.8, 4) is 17.5 Å². The van der Waals surface area contributed by atoms with E-state index < -0.39 is 11.6 Å². The molecule has 1 aliphatic rings. The summed E-state index contributed by atoms with van der Waals surface area (Å²) < 4.78 is 1.76. The van der Waals surface area contributed by atoms with Gasteiger partial charge in [-0.1, -0.05) is 36.5 Å². The van der Waals surface area contributed by atoms with Gasteiger partial charge in [0.2, 0.25) is 0 Å². The monoisotopic (exact) mass is 373 g/mol. The predicted octanol–water partition coefficient (Wildman–Crippen LogP) is 4.68. The minimum Gasteiger partial charge on any atom is -0.477 e. The summed E-state index contributed by atoms with van der Waals surface area (Å²) in [7, 11) is 0. The molecule has 4 nitrogen and oxygen atoms in total. The maximum Gasteiger partial charge on any atom is 0.352 e. The van der Waals surface area contributed by atoms with Gasteiger partial charge in [0.05, 0.1) is 5.52 Å². The van der Waals surface area contributed by atoms with Crippen molar-refractivity contribution in [2.24, 2.45) is 0 Å². The molecule has 1 fully saturated rings. The van der Waals surface area contributed by atoms with E-state index in [4.69, 9.17) is 0 Å². The summed E-state index contributed by atoms with van der Waals surface area (Å²) in [5.74, 6) is 5.25. The van der Waals surface area contributed by atoms with E-state index in [-0.39, 0.29) is 5.69 Å². The first-order chi connectivity index (χ1) is 13.5. The molecule has 28 heavy (non-hydrogen) atoms. The van der Waals surface area contributed by atoms with Crippen molar-refractivity contribution < 1.29 is 15.0 Å². The highest BCUT2D eigenvalue weighted by molar-refractivity contribution is 5.97. The Morgan fingerprint density at radius 2 is 1.79 bits per heavy atom. The first-order valence-electron chi connectivity index (χ1n) is 9.67. The molecule has 2 N–H and O–H groups in total. The number of benzene rings is 2. The van der Waals surface area contributed by atoms with Gasteiger partial charge in [0.15, 0.2) is 0 Å². The van der Waals surface area contributed by atoms with Crippen LogP contribution in [0, 0.1) is 18.8 Å². The van der Waals surface area contributed by atoms with E-state index in [1.54, 1.807) is 10.6 Å². The molecule has 0 aliphatic heterocycles. The van der Waals surface area contributed by atoms with E-state index >= 15 is 0 Å². The van der Waals surface area contributed by atoms with Crippen LogP contribution in [-0.2, 0) is 0 Å². The highest BCUT2D eigenvalue weighted by Crippen LogP contribution is 2.30. The van der Waals surface area contributed by atoms with Gasteiger partial charge >= 0.3 is 5.97 Å². The van der Waals surface area contributed by atoms with Gasteiger partial charge in [-0.15, -0.1) is 0 Å². The number of aromatic carboxylic acids is 1. The van der Waals surface area contributed by atoms with Gasteiger partial charge in [-0.25, -0.2) is 4.79 Å².